The Morgan fingerprint density at radius 3 is 2.85 bits per heavy atom. The van der Waals surface area contributed by atoms with E-state index in [0.717, 1.165) is 10.9 Å². The van der Waals surface area contributed by atoms with Gasteiger partial charge in [0.1, 0.15) is 11.5 Å². The number of benzene rings is 2. The number of carbonyl (C=O) groups is 1. The van der Waals surface area contributed by atoms with Crippen molar-refractivity contribution in [3.8, 4) is 23.0 Å². The van der Waals surface area contributed by atoms with Crippen LogP contribution in [0.2, 0.25) is 0 Å². The van der Waals surface area contributed by atoms with Crippen LogP contribution in [0.15, 0.2) is 42.6 Å². The average Bonchev–Trinajstić information content (AvgIpc) is 3.14. The van der Waals surface area contributed by atoms with E-state index >= 15 is 0 Å². The lowest BCUT2D eigenvalue weighted by atomic mass is 10.0. The number of hydrogen-bond acceptors (Lipinski definition) is 5. The van der Waals surface area contributed by atoms with Crippen molar-refractivity contribution in [1.82, 2.24) is 10.3 Å². The third-order valence-corrected chi connectivity index (χ3v) is 4.19. The van der Waals surface area contributed by atoms with Crippen LogP contribution >= 0.6 is 0 Å². The Balaban J connectivity index is 1.68. The summed E-state index contributed by atoms with van der Waals surface area (Å²) in [6.45, 7) is 0.524. The number of nitrogens with zero attached hydrogens (tertiary/aromatic N) is 1. The number of phenols is 1. The van der Waals surface area contributed by atoms with Gasteiger partial charge in [-0.25, -0.2) is 4.79 Å². The molecule has 0 saturated carbocycles. The lowest BCUT2D eigenvalue weighted by Crippen LogP contribution is -2.24. The number of aromatic hydroxyl groups is 1. The molecule has 0 fully saturated rings. The second kappa shape index (κ2) is 6.44. The van der Waals surface area contributed by atoms with E-state index in [1.54, 1.807) is 49.6 Å². The molecule has 2 aromatic carbocycles. The zero-order chi connectivity index (χ0) is 18.1. The summed E-state index contributed by atoms with van der Waals surface area (Å²) in [5.74, 6) is 1.87. The standard InChI is InChI=1S/C19H17N3O4/c1-20-19(24)22-11-2-4-12(5-3-11)26-16-6-8-21-14-10-15(23)18-13(17(14)16)7-9-25-18/h2-6,8,10,23H,7,9H2,1H3,(H2,20,22,24). The number of urea groups is 1. The van der Waals surface area contributed by atoms with E-state index in [0.29, 0.717) is 41.5 Å². The van der Waals surface area contributed by atoms with Crippen LogP contribution in [-0.2, 0) is 6.42 Å². The Bertz CT molecular complexity index is 986. The van der Waals surface area contributed by atoms with Gasteiger partial charge in [-0.1, -0.05) is 0 Å². The zero-order valence-corrected chi connectivity index (χ0v) is 14.1. The average molecular weight is 351 g/mol. The molecule has 2 heterocycles. The van der Waals surface area contributed by atoms with Gasteiger partial charge in [0.05, 0.1) is 17.5 Å². The van der Waals surface area contributed by atoms with Gasteiger partial charge in [0.2, 0.25) is 0 Å². The Morgan fingerprint density at radius 2 is 2.08 bits per heavy atom. The monoisotopic (exact) mass is 351 g/mol. The first-order valence-corrected chi connectivity index (χ1v) is 8.18. The van der Waals surface area contributed by atoms with Gasteiger partial charge < -0.3 is 25.2 Å². The number of rotatable bonds is 3. The highest BCUT2D eigenvalue weighted by atomic mass is 16.5. The number of ether oxygens (including phenoxy) is 2. The molecule has 0 radical (unpaired) electrons. The smallest absolute Gasteiger partial charge is 0.318 e. The molecule has 0 spiro atoms. The van der Waals surface area contributed by atoms with Crippen LogP contribution in [0.25, 0.3) is 10.9 Å². The number of carbonyl (C=O) groups excluding carboxylic acids is 1. The highest BCUT2D eigenvalue weighted by Gasteiger charge is 2.23. The maximum absolute atomic E-state index is 11.3. The van der Waals surface area contributed by atoms with Gasteiger partial charge in [0.15, 0.2) is 11.5 Å². The lowest BCUT2D eigenvalue weighted by molar-refractivity contribution is 0.254. The number of pyridine rings is 1. The molecule has 0 saturated heterocycles. The van der Waals surface area contributed by atoms with Crippen LogP contribution in [0.1, 0.15) is 5.56 Å². The summed E-state index contributed by atoms with van der Waals surface area (Å²) in [7, 11) is 1.56. The fourth-order valence-corrected chi connectivity index (χ4v) is 3.00. The summed E-state index contributed by atoms with van der Waals surface area (Å²) < 4.78 is 11.6. The summed E-state index contributed by atoms with van der Waals surface area (Å²) in [6, 6.07) is 10.1. The molecule has 0 aliphatic carbocycles. The Kier molecular flexibility index (Phi) is 3.96. The molecule has 0 atom stereocenters. The first-order valence-electron chi connectivity index (χ1n) is 8.18. The van der Waals surface area contributed by atoms with Crippen molar-refractivity contribution in [2.45, 2.75) is 6.42 Å². The number of nitrogens with one attached hydrogen (secondary N) is 2. The van der Waals surface area contributed by atoms with Gasteiger partial charge in [-0.15, -0.1) is 0 Å². The van der Waals surface area contributed by atoms with Crippen molar-refractivity contribution in [1.29, 1.82) is 0 Å². The van der Waals surface area contributed by atoms with E-state index in [9.17, 15) is 9.90 Å². The fourth-order valence-electron chi connectivity index (χ4n) is 3.00. The molecular weight excluding hydrogens is 334 g/mol. The van der Waals surface area contributed by atoms with Crippen LogP contribution in [0.4, 0.5) is 10.5 Å². The maximum Gasteiger partial charge on any atom is 0.318 e. The summed E-state index contributed by atoms with van der Waals surface area (Å²) in [5, 5.41) is 16.1. The third-order valence-electron chi connectivity index (χ3n) is 4.19. The minimum atomic E-state index is -0.283. The number of anilines is 1. The van der Waals surface area contributed by atoms with E-state index in [4.69, 9.17) is 9.47 Å². The molecule has 3 aromatic rings. The molecule has 0 bridgehead atoms. The van der Waals surface area contributed by atoms with Gasteiger partial charge in [-0.2, -0.15) is 0 Å². The molecule has 26 heavy (non-hydrogen) atoms. The molecule has 7 heteroatoms. The number of amides is 2. The topological polar surface area (TPSA) is 92.7 Å². The molecule has 7 nitrogen and oxygen atoms in total. The van der Waals surface area contributed by atoms with Crippen LogP contribution in [-0.4, -0.2) is 29.8 Å². The molecule has 2 amide bonds. The third kappa shape index (κ3) is 2.83. The van der Waals surface area contributed by atoms with Gasteiger partial charge in [0, 0.05) is 37.0 Å². The van der Waals surface area contributed by atoms with Crippen molar-refractivity contribution < 1.29 is 19.4 Å². The molecule has 132 valence electrons. The van der Waals surface area contributed by atoms with Gasteiger partial charge in [-0.3, -0.25) is 4.98 Å². The predicted molar refractivity (Wildman–Crippen MR) is 97.2 cm³/mol. The summed E-state index contributed by atoms with van der Waals surface area (Å²) in [5.41, 5.74) is 2.22. The van der Waals surface area contributed by atoms with Crippen molar-refractivity contribution in [2.24, 2.45) is 0 Å². The van der Waals surface area contributed by atoms with E-state index in [2.05, 4.69) is 15.6 Å². The van der Waals surface area contributed by atoms with E-state index < -0.39 is 0 Å². The van der Waals surface area contributed by atoms with E-state index in [1.807, 2.05) is 0 Å². The van der Waals surface area contributed by atoms with E-state index in [1.165, 1.54) is 0 Å². The second-order valence-electron chi connectivity index (χ2n) is 5.84. The molecule has 1 aliphatic rings. The first kappa shape index (κ1) is 16.0. The predicted octanol–water partition coefficient (Wildman–Crippen LogP) is 3.42. The van der Waals surface area contributed by atoms with Crippen molar-refractivity contribution in [2.75, 3.05) is 19.0 Å². The minimum absolute atomic E-state index is 0.0966. The van der Waals surface area contributed by atoms with Gasteiger partial charge in [0.25, 0.3) is 0 Å². The Labute approximate surface area is 149 Å². The summed E-state index contributed by atoms with van der Waals surface area (Å²) in [4.78, 5) is 15.7. The Hall–Kier alpha value is -3.48. The molecule has 0 unspecified atom stereocenters. The number of phenolic OH excluding ortho intramolecular Hbond substituents is 1. The second-order valence-corrected chi connectivity index (χ2v) is 5.84. The maximum atomic E-state index is 11.3. The Morgan fingerprint density at radius 1 is 1.27 bits per heavy atom. The van der Waals surface area contributed by atoms with Gasteiger partial charge in [-0.05, 0) is 30.3 Å². The highest BCUT2D eigenvalue weighted by Crippen LogP contribution is 2.43. The SMILES string of the molecule is CNC(=O)Nc1ccc(Oc2ccnc3cc(O)c4c(c23)CCO4)cc1. The van der Waals surface area contributed by atoms with Crippen LogP contribution in [0, 0.1) is 0 Å². The molecule has 1 aliphatic heterocycles. The quantitative estimate of drug-likeness (QED) is 0.672. The van der Waals surface area contributed by atoms with Gasteiger partial charge >= 0.3 is 6.03 Å². The first-order chi connectivity index (χ1) is 12.7. The van der Waals surface area contributed by atoms with Crippen molar-refractivity contribution in [3.05, 3.63) is 48.2 Å². The van der Waals surface area contributed by atoms with Crippen molar-refractivity contribution >= 4 is 22.6 Å². The molecular formula is C19H17N3O4. The number of fused-ring (bicyclic) bond motifs is 3. The van der Waals surface area contributed by atoms with E-state index in [-0.39, 0.29) is 11.8 Å². The van der Waals surface area contributed by atoms with Crippen LogP contribution < -0.4 is 20.1 Å². The largest absolute Gasteiger partial charge is 0.504 e. The molecule has 4 rings (SSSR count). The molecule has 1 aromatic heterocycles. The highest BCUT2D eigenvalue weighted by molar-refractivity contribution is 5.93. The number of aromatic nitrogens is 1. The lowest BCUT2D eigenvalue weighted by Gasteiger charge is -2.12. The van der Waals surface area contributed by atoms with Crippen LogP contribution in [0.3, 0.4) is 0 Å². The van der Waals surface area contributed by atoms with Crippen LogP contribution in [0.5, 0.6) is 23.0 Å². The molecule has 3 N–H and O–H groups in total. The summed E-state index contributed by atoms with van der Waals surface area (Å²) >= 11 is 0. The number of hydrogen-bond donors (Lipinski definition) is 3. The summed E-state index contributed by atoms with van der Waals surface area (Å²) in [6.07, 6.45) is 2.33. The van der Waals surface area contributed by atoms with Crippen molar-refractivity contribution in [3.63, 3.8) is 0 Å². The zero-order valence-electron chi connectivity index (χ0n) is 14.1. The fraction of sp³-hybridized carbons (Fsp3) is 0.158. The minimum Gasteiger partial charge on any atom is -0.504 e. The normalized spacial score (nSPS) is 12.3.